The van der Waals surface area contributed by atoms with Gasteiger partial charge < -0.3 is 15.7 Å². The molecule has 0 spiro atoms. The molecule has 1 aromatic rings. The number of carbonyl (C=O) groups is 1. The topological polar surface area (TPSA) is 98.0 Å². The van der Waals surface area contributed by atoms with Crippen LogP contribution in [-0.4, -0.2) is 28.3 Å². The lowest BCUT2D eigenvalue weighted by molar-refractivity contribution is 0.184. The normalized spacial score (nSPS) is 21.8. The predicted octanol–water partition coefficient (Wildman–Crippen LogP) is 2.71. The van der Waals surface area contributed by atoms with E-state index in [9.17, 15) is 4.79 Å². The van der Waals surface area contributed by atoms with Gasteiger partial charge in [-0.15, -0.1) is 0 Å². The Balaban J connectivity index is 2.08. The third-order valence-corrected chi connectivity index (χ3v) is 3.98. The van der Waals surface area contributed by atoms with Crippen molar-refractivity contribution in [2.24, 2.45) is 0 Å². The number of anilines is 1. The Bertz CT molecular complexity index is 544. The zero-order valence-corrected chi connectivity index (χ0v) is 12.4. The summed E-state index contributed by atoms with van der Waals surface area (Å²) in [5, 5.41) is 23.6. The molecule has 0 bridgehead atoms. The van der Waals surface area contributed by atoms with Crippen molar-refractivity contribution in [1.82, 2.24) is 10.3 Å². The van der Waals surface area contributed by atoms with E-state index >= 15 is 0 Å². The molecule has 6 nitrogen and oxygen atoms in total. The summed E-state index contributed by atoms with van der Waals surface area (Å²) < 4.78 is 0.628. The maximum absolute atomic E-state index is 10.8. The van der Waals surface area contributed by atoms with Crippen LogP contribution in [0, 0.1) is 11.3 Å². The highest BCUT2D eigenvalue weighted by molar-refractivity contribution is 9.10. The maximum atomic E-state index is 10.8. The summed E-state index contributed by atoms with van der Waals surface area (Å²) in [6.07, 6.45) is 4.43. The van der Waals surface area contributed by atoms with Gasteiger partial charge in [-0.05, 0) is 34.8 Å². The van der Waals surface area contributed by atoms with Crippen molar-refractivity contribution in [3.63, 3.8) is 0 Å². The quantitative estimate of drug-likeness (QED) is 0.787. The molecule has 0 saturated heterocycles. The van der Waals surface area contributed by atoms with Crippen molar-refractivity contribution in [3.05, 3.63) is 22.4 Å². The first-order valence-corrected chi connectivity index (χ1v) is 7.21. The highest BCUT2D eigenvalue weighted by Crippen LogP contribution is 2.24. The molecule has 1 aromatic heterocycles. The van der Waals surface area contributed by atoms with Crippen LogP contribution in [0.2, 0.25) is 0 Å². The van der Waals surface area contributed by atoms with Crippen LogP contribution >= 0.6 is 15.9 Å². The Morgan fingerprint density at radius 2 is 2.15 bits per heavy atom. The lowest BCUT2D eigenvalue weighted by atomic mass is 9.90. The van der Waals surface area contributed by atoms with Crippen LogP contribution in [0.15, 0.2) is 16.7 Å². The monoisotopic (exact) mass is 338 g/mol. The van der Waals surface area contributed by atoms with Gasteiger partial charge in [0, 0.05) is 6.04 Å². The summed E-state index contributed by atoms with van der Waals surface area (Å²) in [6, 6.07) is 3.72. The van der Waals surface area contributed by atoms with Crippen LogP contribution in [0.5, 0.6) is 0 Å². The Kier molecular flexibility index (Phi) is 4.79. The maximum Gasteiger partial charge on any atom is 0.404 e. The number of hydrogen-bond donors (Lipinski definition) is 3. The second-order valence-electron chi connectivity index (χ2n) is 4.76. The molecule has 1 fully saturated rings. The molecule has 20 heavy (non-hydrogen) atoms. The van der Waals surface area contributed by atoms with Gasteiger partial charge in [0.15, 0.2) is 5.69 Å². The molecule has 1 aliphatic carbocycles. The molecule has 1 amide bonds. The standard InChI is InChI=1S/C13H15BrN4O2/c14-9-5-8(7-16-12(9)6-15)17-10-3-1-2-4-11(10)18-13(19)20/h5,7,10-11,17-18H,1-4H2,(H,19,20). The van der Waals surface area contributed by atoms with E-state index < -0.39 is 6.09 Å². The van der Waals surface area contributed by atoms with Gasteiger partial charge in [-0.25, -0.2) is 9.78 Å². The lowest BCUT2D eigenvalue weighted by Crippen LogP contribution is -2.48. The Hall–Kier alpha value is -1.81. The summed E-state index contributed by atoms with van der Waals surface area (Å²) in [4.78, 5) is 14.8. The Labute approximate surface area is 125 Å². The number of rotatable bonds is 3. The minimum Gasteiger partial charge on any atom is -0.465 e. The fraction of sp³-hybridized carbons (Fsp3) is 0.462. The molecule has 2 rings (SSSR count). The largest absolute Gasteiger partial charge is 0.465 e. The van der Waals surface area contributed by atoms with Crippen molar-refractivity contribution < 1.29 is 9.90 Å². The van der Waals surface area contributed by atoms with Gasteiger partial charge in [0.2, 0.25) is 0 Å². The van der Waals surface area contributed by atoms with E-state index in [1.165, 1.54) is 0 Å². The van der Waals surface area contributed by atoms with Crippen LogP contribution < -0.4 is 10.6 Å². The van der Waals surface area contributed by atoms with Crippen LogP contribution in [0.1, 0.15) is 31.4 Å². The molecule has 0 aliphatic heterocycles. The van der Waals surface area contributed by atoms with Crippen molar-refractivity contribution in [2.75, 3.05) is 5.32 Å². The highest BCUT2D eigenvalue weighted by Gasteiger charge is 2.26. The van der Waals surface area contributed by atoms with Crippen LogP contribution in [0.3, 0.4) is 0 Å². The smallest absolute Gasteiger partial charge is 0.404 e. The molecule has 0 radical (unpaired) electrons. The number of amides is 1. The van der Waals surface area contributed by atoms with E-state index in [0.29, 0.717) is 10.2 Å². The summed E-state index contributed by atoms with van der Waals surface area (Å²) in [7, 11) is 0. The first-order valence-electron chi connectivity index (χ1n) is 6.42. The molecular weight excluding hydrogens is 324 g/mol. The molecule has 2 unspecified atom stereocenters. The summed E-state index contributed by atoms with van der Waals surface area (Å²) in [5.41, 5.74) is 1.11. The summed E-state index contributed by atoms with van der Waals surface area (Å²) in [5.74, 6) is 0. The van der Waals surface area contributed by atoms with Crippen molar-refractivity contribution in [3.8, 4) is 6.07 Å². The minimum absolute atomic E-state index is 0.0430. The number of halogens is 1. The SMILES string of the molecule is N#Cc1ncc(NC2CCCCC2NC(=O)O)cc1Br. The fourth-order valence-electron chi connectivity index (χ4n) is 2.45. The third kappa shape index (κ3) is 3.61. The second-order valence-corrected chi connectivity index (χ2v) is 5.61. The molecule has 1 aliphatic rings. The first kappa shape index (κ1) is 14.6. The van der Waals surface area contributed by atoms with E-state index in [2.05, 4.69) is 31.5 Å². The van der Waals surface area contributed by atoms with Gasteiger partial charge in [-0.3, -0.25) is 0 Å². The fourth-order valence-corrected chi connectivity index (χ4v) is 2.89. The number of carboxylic acid groups (broad SMARTS) is 1. The summed E-state index contributed by atoms with van der Waals surface area (Å²) in [6.45, 7) is 0. The van der Waals surface area contributed by atoms with E-state index in [0.717, 1.165) is 31.4 Å². The molecule has 1 saturated carbocycles. The van der Waals surface area contributed by atoms with Gasteiger partial charge >= 0.3 is 6.09 Å². The van der Waals surface area contributed by atoms with E-state index in [4.69, 9.17) is 10.4 Å². The predicted molar refractivity (Wildman–Crippen MR) is 77.5 cm³/mol. The minimum atomic E-state index is -0.997. The highest BCUT2D eigenvalue weighted by atomic mass is 79.9. The average molecular weight is 339 g/mol. The second kappa shape index (κ2) is 6.57. The molecule has 2 atom stereocenters. The van der Waals surface area contributed by atoms with Gasteiger partial charge in [0.25, 0.3) is 0 Å². The molecule has 3 N–H and O–H groups in total. The number of nitriles is 1. The Morgan fingerprint density at radius 1 is 1.45 bits per heavy atom. The summed E-state index contributed by atoms with van der Waals surface area (Å²) >= 11 is 3.29. The van der Waals surface area contributed by atoms with Crippen molar-refractivity contribution in [1.29, 1.82) is 5.26 Å². The van der Waals surface area contributed by atoms with Gasteiger partial charge in [0.1, 0.15) is 6.07 Å². The molecular formula is C13H15BrN4O2. The van der Waals surface area contributed by atoms with E-state index in [1.54, 1.807) is 12.3 Å². The number of nitrogens with zero attached hydrogens (tertiary/aromatic N) is 2. The van der Waals surface area contributed by atoms with Gasteiger partial charge in [0.05, 0.1) is 22.4 Å². The number of hydrogen-bond acceptors (Lipinski definition) is 4. The molecule has 7 heteroatoms. The van der Waals surface area contributed by atoms with Crippen molar-refractivity contribution >= 4 is 27.7 Å². The first-order chi connectivity index (χ1) is 9.60. The number of nitrogens with one attached hydrogen (secondary N) is 2. The van der Waals surface area contributed by atoms with Gasteiger partial charge in [-0.2, -0.15) is 5.26 Å². The van der Waals surface area contributed by atoms with Crippen molar-refractivity contribution in [2.45, 2.75) is 37.8 Å². The average Bonchev–Trinajstić information content (AvgIpc) is 2.41. The Morgan fingerprint density at radius 3 is 2.75 bits per heavy atom. The van der Waals surface area contributed by atoms with E-state index in [1.807, 2.05) is 6.07 Å². The van der Waals surface area contributed by atoms with E-state index in [-0.39, 0.29) is 12.1 Å². The number of pyridine rings is 1. The zero-order chi connectivity index (χ0) is 14.5. The number of aromatic nitrogens is 1. The van der Waals surface area contributed by atoms with Crippen LogP contribution in [0.4, 0.5) is 10.5 Å². The van der Waals surface area contributed by atoms with Crippen LogP contribution in [-0.2, 0) is 0 Å². The molecule has 106 valence electrons. The van der Waals surface area contributed by atoms with Crippen LogP contribution in [0.25, 0.3) is 0 Å². The lowest BCUT2D eigenvalue weighted by Gasteiger charge is -2.32. The third-order valence-electron chi connectivity index (χ3n) is 3.37. The zero-order valence-electron chi connectivity index (χ0n) is 10.8. The molecule has 0 aromatic carbocycles. The molecule has 1 heterocycles. The van der Waals surface area contributed by atoms with Gasteiger partial charge in [-0.1, -0.05) is 12.8 Å².